The molecular formula is C20H31N. The van der Waals surface area contributed by atoms with Gasteiger partial charge in [-0.25, -0.2) is 0 Å². The maximum Gasteiger partial charge on any atom is 0.0357 e. The van der Waals surface area contributed by atoms with E-state index >= 15 is 0 Å². The van der Waals surface area contributed by atoms with Crippen molar-refractivity contribution in [3.8, 4) is 0 Å². The summed E-state index contributed by atoms with van der Waals surface area (Å²) in [5.41, 5.74) is 9.14. The van der Waals surface area contributed by atoms with Crippen molar-refractivity contribution in [2.75, 3.05) is 7.05 Å². The molecule has 2 aliphatic carbocycles. The molecule has 2 aliphatic rings. The Morgan fingerprint density at radius 3 is 1.62 bits per heavy atom. The minimum absolute atomic E-state index is 0.566. The molecule has 0 radical (unpaired) electrons. The molecular weight excluding hydrogens is 254 g/mol. The van der Waals surface area contributed by atoms with E-state index in [1.165, 1.54) is 53.5 Å². The highest BCUT2D eigenvalue weighted by molar-refractivity contribution is 5.51. The smallest absolute Gasteiger partial charge is 0.0357 e. The molecule has 1 N–H and O–H groups in total. The quantitative estimate of drug-likeness (QED) is 0.830. The lowest BCUT2D eigenvalue weighted by Crippen LogP contribution is -2.23. The Balaban J connectivity index is 2.02. The summed E-state index contributed by atoms with van der Waals surface area (Å²) < 4.78 is 0. The van der Waals surface area contributed by atoms with Crippen molar-refractivity contribution in [1.29, 1.82) is 0 Å². The summed E-state index contributed by atoms with van der Waals surface area (Å²) in [6, 6.07) is 0.566. The van der Waals surface area contributed by atoms with Gasteiger partial charge >= 0.3 is 0 Å². The standard InChI is InChI=1S/C20H31N/c1-11-12(2)14(4)18(15(5)13(11)3)20(21-6)19-16-9-7-8-10-17(16)19/h16-17,19-21H,7-10H2,1-6H3. The number of rotatable bonds is 3. The van der Waals surface area contributed by atoms with E-state index in [9.17, 15) is 0 Å². The van der Waals surface area contributed by atoms with Crippen LogP contribution in [0.2, 0.25) is 0 Å². The lowest BCUT2D eigenvalue weighted by Gasteiger charge is -2.26. The van der Waals surface area contributed by atoms with Crippen molar-refractivity contribution in [3.05, 3.63) is 33.4 Å². The molecule has 0 saturated heterocycles. The lowest BCUT2D eigenvalue weighted by molar-refractivity contribution is 0.477. The average molecular weight is 285 g/mol. The summed E-state index contributed by atoms with van der Waals surface area (Å²) in [6.07, 6.45) is 5.85. The first-order chi connectivity index (χ1) is 9.99. The average Bonchev–Trinajstić information content (AvgIpc) is 3.22. The molecule has 2 saturated carbocycles. The molecule has 3 atom stereocenters. The van der Waals surface area contributed by atoms with Crippen LogP contribution in [0.15, 0.2) is 0 Å². The molecule has 1 nitrogen and oxygen atoms in total. The summed E-state index contributed by atoms with van der Waals surface area (Å²) in [6.45, 7) is 11.5. The minimum Gasteiger partial charge on any atom is -0.313 e. The van der Waals surface area contributed by atoms with Crippen molar-refractivity contribution < 1.29 is 0 Å². The van der Waals surface area contributed by atoms with Crippen molar-refractivity contribution >= 4 is 0 Å². The van der Waals surface area contributed by atoms with Crippen LogP contribution in [0.25, 0.3) is 0 Å². The number of hydrogen-bond donors (Lipinski definition) is 1. The predicted molar refractivity (Wildman–Crippen MR) is 90.9 cm³/mol. The first-order valence-corrected chi connectivity index (χ1v) is 8.73. The Hall–Kier alpha value is -0.820. The van der Waals surface area contributed by atoms with Crippen LogP contribution in [0.1, 0.15) is 65.1 Å². The minimum atomic E-state index is 0.566. The molecule has 21 heavy (non-hydrogen) atoms. The molecule has 0 aromatic heterocycles. The van der Waals surface area contributed by atoms with Gasteiger partial charge in [-0.1, -0.05) is 12.8 Å². The molecule has 0 amide bonds. The third-order valence-corrected chi connectivity index (χ3v) is 6.79. The molecule has 3 unspecified atom stereocenters. The van der Waals surface area contributed by atoms with Crippen molar-refractivity contribution in [2.45, 2.75) is 66.3 Å². The highest BCUT2D eigenvalue weighted by Gasteiger charge is 2.54. The molecule has 3 rings (SSSR count). The Kier molecular flexibility index (Phi) is 3.90. The molecule has 2 fully saturated rings. The van der Waals surface area contributed by atoms with Gasteiger partial charge in [-0.2, -0.15) is 0 Å². The summed E-state index contributed by atoms with van der Waals surface area (Å²) >= 11 is 0. The van der Waals surface area contributed by atoms with Gasteiger partial charge in [0.15, 0.2) is 0 Å². The maximum atomic E-state index is 3.69. The van der Waals surface area contributed by atoms with Crippen LogP contribution in [-0.2, 0) is 0 Å². The third-order valence-electron chi connectivity index (χ3n) is 6.79. The van der Waals surface area contributed by atoms with E-state index in [0.29, 0.717) is 6.04 Å². The van der Waals surface area contributed by atoms with Gasteiger partial charge in [-0.05, 0) is 106 Å². The van der Waals surface area contributed by atoms with E-state index in [4.69, 9.17) is 0 Å². The van der Waals surface area contributed by atoms with Gasteiger partial charge in [-0.15, -0.1) is 0 Å². The number of fused-ring (bicyclic) bond motifs is 1. The summed E-state index contributed by atoms with van der Waals surface area (Å²) in [4.78, 5) is 0. The van der Waals surface area contributed by atoms with E-state index in [-0.39, 0.29) is 0 Å². The Bertz CT molecular complexity index is 516. The Labute approximate surface area is 130 Å². The number of nitrogens with one attached hydrogen (secondary N) is 1. The molecule has 0 bridgehead atoms. The Morgan fingerprint density at radius 1 is 0.762 bits per heavy atom. The van der Waals surface area contributed by atoms with E-state index in [1.807, 2.05) is 0 Å². The van der Waals surface area contributed by atoms with E-state index in [0.717, 1.165) is 17.8 Å². The lowest BCUT2D eigenvalue weighted by atomic mass is 9.84. The van der Waals surface area contributed by atoms with Gasteiger partial charge in [-0.3, -0.25) is 0 Å². The molecule has 1 heteroatoms. The number of hydrogen-bond acceptors (Lipinski definition) is 1. The second kappa shape index (κ2) is 5.43. The molecule has 1 aromatic rings. The first-order valence-electron chi connectivity index (χ1n) is 8.73. The maximum absolute atomic E-state index is 3.69. The van der Waals surface area contributed by atoms with Gasteiger partial charge in [0, 0.05) is 6.04 Å². The van der Waals surface area contributed by atoms with E-state index in [1.54, 1.807) is 5.56 Å². The third kappa shape index (κ3) is 2.25. The molecule has 0 spiro atoms. The summed E-state index contributed by atoms with van der Waals surface area (Å²) in [5, 5.41) is 3.69. The second-order valence-corrected chi connectivity index (χ2v) is 7.49. The van der Waals surface area contributed by atoms with Gasteiger partial charge in [0.05, 0.1) is 0 Å². The number of benzene rings is 1. The summed E-state index contributed by atoms with van der Waals surface area (Å²) in [7, 11) is 2.17. The highest BCUT2D eigenvalue weighted by Crippen LogP contribution is 2.61. The Morgan fingerprint density at radius 2 is 1.19 bits per heavy atom. The topological polar surface area (TPSA) is 12.0 Å². The molecule has 1 aromatic carbocycles. The van der Waals surface area contributed by atoms with Crippen LogP contribution in [0, 0.1) is 52.4 Å². The fraction of sp³-hybridized carbons (Fsp3) is 0.700. The molecule has 116 valence electrons. The fourth-order valence-corrected chi connectivity index (χ4v) is 5.07. The SMILES string of the molecule is CNC(c1c(C)c(C)c(C)c(C)c1C)C1C2CCCCC21. The van der Waals surface area contributed by atoms with Crippen molar-refractivity contribution in [3.63, 3.8) is 0 Å². The van der Waals surface area contributed by atoms with Crippen LogP contribution < -0.4 is 5.32 Å². The van der Waals surface area contributed by atoms with Crippen LogP contribution in [-0.4, -0.2) is 7.05 Å². The van der Waals surface area contributed by atoms with E-state index in [2.05, 4.69) is 47.0 Å². The van der Waals surface area contributed by atoms with Crippen LogP contribution >= 0.6 is 0 Å². The molecule has 0 aliphatic heterocycles. The zero-order valence-electron chi connectivity index (χ0n) is 14.6. The van der Waals surface area contributed by atoms with Gasteiger partial charge in [0.2, 0.25) is 0 Å². The van der Waals surface area contributed by atoms with Gasteiger partial charge in [0.25, 0.3) is 0 Å². The normalized spacial score (nSPS) is 29.1. The largest absolute Gasteiger partial charge is 0.313 e. The van der Waals surface area contributed by atoms with Crippen LogP contribution in [0.5, 0.6) is 0 Å². The molecule has 0 heterocycles. The van der Waals surface area contributed by atoms with Crippen molar-refractivity contribution in [1.82, 2.24) is 5.32 Å². The zero-order chi connectivity index (χ0) is 15.3. The van der Waals surface area contributed by atoms with Crippen LogP contribution in [0.4, 0.5) is 0 Å². The zero-order valence-corrected chi connectivity index (χ0v) is 14.6. The van der Waals surface area contributed by atoms with Crippen molar-refractivity contribution in [2.24, 2.45) is 17.8 Å². The van der Waals surface area contributed by atoms with Crippen LogP contribution in [0.3, 0.4) is 0 Å². The predicted octanol–water partition coefficient (Wildman–Crippen LogP) is 4.93. The highest BCUT2D eigenvalue weighted by atomic mass is 14.9. The van der Waals surface area contributed by atoms with Gasteiger partial charge < -0.3 is 5.32 Å². The monoisotopic (exact) mass is 285 g/mol. The summed E-state index contributed by atoms with van der Waals surface area (Å²) in [5.74, 6) is 2.88. The van der Waals surface area contributed by atoms with Gasteiger partial charge in [0.1, 0.15) is 0 Å². The second-order valence-electron chi connectivity index (χ2n) is 7.49. The van der Waals surface area contributed by atoms with E-state index < -0.39 is 0 Å². The fourth-order valence-electron chi connectivity index (χ4n) is 5.07. The first kappa shape index (κ1) is 15.1.